The van der Waals surface area contributed by atoms with E-state index >= 15 is 0 Å². The first-order valence-corrected chi connectivity index (χ1v) is 8.42. The van der Waals surface area contributed by atoms with Crippen molar-refractivity contribution < 1.29 is 5.11 Å². The third kappa shape index (κ3) is 4.45. The van der Waals surface area contributed by atoms with Crippen LogP contribution >= 0.6 is 11.3 Å². The van der Waals surface area contributed by atoms with Crippen molar-refractivity contribution in [2.75, 3.05) is 6.54 Å². The van der Waals surface area contributed by atoms with E-state index in [1.807, 2.05) is 36.5 Å². The zero-order valence-electron chi connectivity index (χ0n) is 12.8. The standard InChI is InChI=1S/C18H19N3OS/c22-13-15-6-4-14(5-7-15)8-10-19-11-16-12-21-18(23-16)17-3-1-2-9-20-17/h1-7,9,12,19,22H,8,10-11,13H2. The van der Waals surface area contributed by atoms with E-state index in [4.69, 9.17) is 5.11 Å². The molecule has 0 aliphatic heterocycles. The molecule has 0 saturated heterocycles. The lowest BCUT2D eigenvalue weighted by Gasteiger charge is -2.04. The first-order valence-electron chi connectivity index (χ1n) is 7.60. The van der Waals surface area contributed by atoms with Gasteiger partial charge in [-0.05, 0) is 36.2 Å². The van der Waals surface area contributed by atoms with Crippen LogP contribution in [0, 0.1) is 0 Å². The van der Waals surface area contributed by atoms with Crippen molar-refractivity contribution in [1.82, 2.24) is 15.3 Å². The Hall–Kier alpha value is -2.08. The van der Waals surface area contributed by atoms with Crippen molar-refractivity contribution in [1.29, 1.82) is 0 Å². The molecule has 5 heteroatoms. The van der Waals surface area contributed by atoms with Gasteiger partial charge in [-0.1, -0.05) is 30.3 Å². The average molecular weight is 325 g/mol. The predicted molar refractivity (Wildman–Crippen MR) is 93.1 cm³/mol. The minimum atomic E-state index is 0.0997. The maximum atomic E-state index is 9.03. The Balaban J connectivity index is 1.46. The molecule has 0 fully saturated rings. The highest BCUT2D eigenvalue weighted by atomic mass is 32.1. The minimum absolute atomic E-state index is 0.0997. The molecule has 2 heterocycles. The number of benzene rings is 1. The van der Waals surface area contributed by atoms with Gasteiger partial charge in [0, 0.05) is 23.8 Å². The summed E-state index contributed by atoms with van der Waals surface area (Å²) in [7, 11) is 0. The summed E-state index contributed by atoms with van der Waals surface area (Å²) < 4.78 is 0. The van der Waals surface area contributed by atoms with E-state index in [2.05, 4.69) is 27.4 Å². The molecule has 0 amide bonds. The summed E-state index contributed by atoms with van der Waals surface area (Å²) in [6.45, 7) is 1.83. The van der Waals surface area contributed by atoms with Crippen molar-refractivity contribution in [3.63, 3.8) is 0 Å². The van der Waals surface area contributed by atoms with Gasteiger partial charge in [-0.25, -0.2) is 4.98 Å². The molecule has 0 aliphatic rings. The normalized spacial score (nSPS) is 10.8. The fraction of sp³-hybridized carbons (Fsp3) is 0.222. The molecule has 3 aromatic rings. The lowest BCUT2D eigenvalue weighted by molar-refractivity contribution is 0.282. The molecule has 0 aliphatic carbocycles. The van der Waals surface area contributed by atoms with Gasteiger partial charge in [0.25, 0.3) is 0 Å². The Morgan fingerprint density at radius 3 is 2.57 bits per heavy atom. The number of nitrogens with zero attached hydrogens (tertiary/aromatic N) is 2. The summed E-state index contributed by atoms with van der Waals surface area (Å²) in [6.07, 6.45) is 4.67. The molecule has 0 radical (unpaired) electrons. The van der Waals surface area contributed by atoms with Crippen LogP contribution in [0.2, 0.25) is 0 Å². The largest absolute Gasteiger partial charge is 0.392 e. The third-order valence-electron chi connectivity index (χ3n) is 3.53. The smallest absolute Gasteiger partial charge is 0.142 e. The maximum absolute atomic E-state index is 9.03. The van der Waals surface area contributed by atoms with Gasteiger partial charge in [0.2, 0.25) is 0 Å². The van der Waals surface area contributed by atoms with Crippen LogP contribution in [0.25, 0.3) is 10.7 Å². The average Bonchev–Trinajstić information content (AvgIpc) is 3.09. The number of aromatic nitrogens is 2. The van der Waals surface area contributed by atoms with E-state index in [0.29, 0.717) is 0 Å². The quantitative estimate of drug-likeness (QED) is 0.656. The van der Waals surface area contributed by atoms with Crippen molar-refractivity contribution in [2.45, 2.75) is 19.6 Å². The first-order chi connectivity index (χ1) is 11.3. The van der Waals surface area contributed by atoms with Gasteiger partial charge < -0.3 is 10.4 Å². The molecule has 3 rings (SSSR count). The van der Waals surface area contributed by atoms with Crippen LogP contribution in [0.1, 0.15) is 16.0 Å². The fourth-order valence-electron chi connectivity index (χ4n) is 2.25. The number of thiazole rings is 1. The predicted octanol–water partition coefficient (Wildman–Crippen LogP) is 3.03. The zero-order valence-corrected chi connectivity index (χ0v) is 13.6. The van der Waals surface area contributed by atoms with E-state index in [0.717, 1.165) is 35.8 Å². The summed E-state index contributed by atoms with van der Waals surface area (Å²) in [4.78, 5) is 9.97. The highest BCUT2D eigenvalue weighted by molar-refractivity contribution is 7.14. The molecule has 0 atom stereocenters. The molecule has 0 bridgehead atoms. The number of hydrogen-bond acceptors (Lipinski definition) is 5. The molecular weight excluding hydrogens is 306 g/mol. The molecular formula is C18H19N3OS. The second kappa shape index (κ2) is 7.97. The van der Waals surface area contributed by atoms with Crippen LogP contribution in [0.5, 0.6) is 0 Å². The Labute approximate surface area is 139 Å². The molecule has 2 aromatic heterocycles. The number of rotatable bonds is 7. The van der Waals surface area contributed by atoms with E-state index in [9.17, 15) is 0 Å². The Kier molecular flexibility index (Phi) is 5.47. The molecule has 2 N–H and O–H groups in total. The van der Waals surface area contributed by atoms with Crippen molar-refractivity contribution in [2.24, 2.45) is 0 Å². The molecule has 118 valence electrons. The van der Waals surface area contributed by atoms with Crippen LogP contribution < -0.4 is 5.32 Å². The Bertz CT molecular complexity index is 726. The monoisotopic (exact) mass is 325 g/mol. The van der Waals surface area contributed by atoms with E-state index in [-0.39, 0.29) is 6.61 Å². The molecule has 0 spiro atoms. The Morgan fingerprint density at radius 2 is 1.83 bits per heavy atom. The van der Waals surface area contributed by atoms with E-state index in [1.165, 1.54) is 10.4 Å². The molecule has 4 nitrogen and oxygen atoms in total. The summed E-state index contributed by atoms with van der Waals surface area (Å²) >= 11 is 1.67. The molecule has 0 unspecified atom stereocenters. The number of pyridine rings is 1. The van der Waals surface area contributed by atoms with E-state index in [1.54, 1.807) is 17.5 Å². The summed E-state index contributed by atoms with van der Waals surface area (Å²) in [5, 5.41) is 13.4. The Morgan fingerprint density at radius 1 is 1.00 bits per heavy atom. The lowest BCUT2D eigenvalue weighted by Crippen LogP contribution is -2.15. The molecule has 23 heavy (non-hydrogen) atoms. The topological polar surface area (TPSA) is 58.0 Å². The summed E-state index contributed by atoms with van der Waals surface area (Å²) in [6, 6.07) is 13.9. The zero-order chi connectivity index (χ0) is 15.9. The van der Waals surface area contributed by atoms with Crippen molar-refractivity contribution >= 4 is 11.3 Å². The van der Waals surface area contributed by atoms with Crippen molar-refractivity contribution in [3.05, 3.63) is 70.9 Å². The van der Waals surface area contributed by atoms with Crippen LogP contribution in [0.4, 0.5) is 0 Å². The molecule has 0 saturated carbocycles. The second-order valence-corrected chi connectivity index (χ2v) is 6.36. The van der Waals surface area contributed by atoms with Gasteiger partial charge in [0.1, 0.15) is 5.01 Å². The van der Waals surface area contributed by atoms with Crippen LogP contribution in [-0.4, -0.2) is 21.6 Å². The van der Waals surface area contributed by atoms with Gasteiger partial charge >= 0.3 is 0 Å². The van der Waals surface area contributed by atoms with Gasteiger partial charge in [0.05, 0.1) is 12.3 Å². The van der Waals surface area contributed by atoms with Crippen LogP contribution in [-0.2, 0) is 19.6 Å². The first kappa shape index (κ1) is 15.8. The van der Waals surface area contributed by atoms with Crippen molar-refractivity contribution in [3.8, 4) is 10.7 Å². The minimum Gasteiger partial charge on any atom is -0.392 e. The highest BCUT2D eigenvalue weighted by Crippen LogP contribution is 2.22. The maximum Gasteiger partial charge on any atom is 0.142 e. The number of aliphatic hydroxyl groups is 1. The van der Waals surface area contributed by atoms with Gasteiger partial charge in [-0.2, -0.15) is 0 Å². The lowest BCUT2D eigenvalue weighted by atomic mass is 10.1. The second-order valence-electron chi connectivity index (χ2n) is 5.25. The summed E-state index contributed by atoms with van der Waals surface area (Å²) in [5.41, 5.74) is 3.15. The SMILES string of the molecule is OCc1ccc(CCNCc2cnc(-c3ccccn3)s2)cc1. The molecule has 1 aromatic carbocycles. The van der Waals surface area contributed by atoms with Crippen LogP contribution in [0.3, 0.4) is 0 Å². The number of nitrogens with one attached hydrogen (secondary N) is 1. The summed E-state index contributed by atoms with van der Waals surface area (Å²) in [5.74, 6) is 0. The van der Waals surface area contributed by atoms with Gasteiger partial charge in [-0.15, -0.1) is 11.3 Å². The highest BCUT2D eigenvalue weighted by Gasteiger charge is 2.05. The third-order valence-corrected chi connectivity index (χ3v) is 4.55. The van der Waals surface area contributed by atoms with Gasteiger partial charge in [0.15, 0.2) is 0 Å². The van der Waals surface area contributed by atoms with Crippen LogP contribution in [0.15, 0.2) is 54.9 Å². The van der Waals surface area contributed by atoms with Gasteiger partial charge in [-0.3, -0.25) is 4.98 Å². The fourth-order valence-corrected chi connectivity index (χ4v) is 3.11. The number of hydrogen-bond donors (Lipinski definition) is 2. The van der Waals surface area contributed by atoms with E-state index < -0.39 is 0 Å². The number of aliphatic hydroxyl groups excluding tert-OH is 1.